The van der Waals surface area contributed by atoms with Crippen LogP contribution < -0.4 is 14.8 Å². The Morgan fingerprint density at radius 3 is 2.28 bits per heavy atom. The van der Waals surface area contributed by atoms with Crippen LogP contribution in [0.3, 0.4) is 0 Å². The van der Waals surface area contributed by atoms with Gasteiger partial charge in [-0.1, -0.05) is 0 Å². The van der Waals surface area contributed by atoms with Crippen LogP contribution >= 0.6 is 0 Å². The number of benzene rings is 1. The van der Waals surface area contributed by atoms with E-state index in [2.05, 4.69) is 14.8 Å². The van der Waals surface area contributed by atoms with E-state index in [1.165, 1.54) is 6.92 Å². The van der Waals surface area contributed by atoms with Gasteiger partial charge in [-0.15, -0.1) is 13.2 Å². The molecule has 1 atom stereocenters. The Bertz CT molecular complexity index is 718. The number of carboxylic acids is 1. The first-order chi connectivity index (χ1) is 11.4. The van der Waals surface area contributed by atoms with Gasteiger partial charge in [0.05, 0.1) is 4.90 Å². The summed E-state index contributed by atoms with van der Waals surface area (Å²) in [4.78, 5) is 21.7. The summed E-state index contributed by atoms with van der Waals surface area (Å²) in [7, 11) is -4.04. The smallest absolute Gasteiger partial charge is 0.480 e. The Hall–Kier alpha value is -2.34. The van der Waals surface area contributed by atoms with E-state index >= 15 is 0 Å². The normalized spacial score (nSPS) is 13.1. The number of amides is 1. The summed E-state index contributed by atoms with van der Waals surface area (Å²) < 4.78 is 65.7. The summed E-state index contributed by atoms with van der Waals surface area (Å²) in [5, 5.41) is 10.8. The number of carbonyl (C=O) groups excluding carboxylic acids is 1. The van der Waals surface area contributed by atoms with Gasteiger partial charge in [0.1, 0.15) is 11.8 Å². The molecule has 0 fully saturated rings. The Kier molecular flexibility index (Phi) is 6.76. The minimum absolute atomic E-state index is 0.313. The van der Waals surface area contributed by atoms with Crippen LogP contribution in [0.2, 0.25) is 0 Å². The van der Waals surface area contributed by atoms with Crippen molar-refractivity contribution in [2.24, 2.45) is 0 Å². The topological polar surface area (TPSA) is 122 Å². The molecule has 3 N–H and O–H groups in total. The highest BCUT2D eigenvalue weighted by Gasteiger charge is 2.31. The van der Waals surface area contributed by atoms with Crippen LogP contribution in [0.1, 0.15) is 13.3 Å². The monoisotopic (exact) mass is 384 g/mol. The number of rotatable bonds is 8. The van der Waals surface area contributed by atoms with Gasteiger partial charge >= 0.3 is 12.3 Å². The largest absolute Gasteiger partial charge is 0.573 e. The third-order valence-corrected chi connectivity index (χ3v) is 4.24. The molecule has 0 saturated carbocycles. The second kappa shape index (κ2) is 8.16. The van der Waals surface area contributed by atoms with E-state index in [0.717, 1.165) is 24.3 Å². The zero-order valence-electron chi connectivity index (χ0n) is 12.8. The van der Waals surface area contributed by atoms with E-state index < -0.39 is 40.1 Å². The van der Waals surface area contributed by atoms with Crippen molar-refractivity contribution in [3.05, 3.63) is 24.3 Å². The molecule has 0 aliphatic carbocycles. The number of carboxylic acid groups (broad SMARTS) is 1. The highest BCUT2D eigenvalue weighted by Crippen LogP contribution is 2.23. The van der Waals surface area contributed by atoms with Crippen LogP contribution in [0.4, 0.5) is 13.2 Å². The summed E-state index contributed by atoms with van der Waals surface area (Å²) in [6.45, 7) is 0.927. The van der Waals surface area contributed by atoms with Gasteiger partial charge in [-0.3, -0.25) is 9.59 Å². The fraction of sp³-hybridized carbons (Fsp3) is 0.385. The van der Waals surface area contributed by atoms with Crippen molar-refractivity contribution in [3.8, 4) is 5.75 Å². The molecule has 0 saturated heterocycles. The number of nitrogens with one attached hydrogen (secondary N) is 2. The molecule has 1 aromatic carbocycles. The summed E-state index contributed by atoms with van der Waals surface area (Å²) in [6.07, 6.45) is -5.20. The molecule has 1 aromatic rings. The first-order valence-corrected chi connectivity index (χ1v) is 8.26. The quantitative estimate of drug-likeness (QED) is 0.611. The third-order valence-electron chi connectivity index (χ3n) is 2.76. The minimum atomic E-state index is -4.89. The molecule has 12 heteroatoms. The lowest BCUT2D eigenvalue weighted by atomic mass is 10.3. The maximum absolute atomic E-state index is 12.0. The molecule has 0 aliphatic heterocycles. The van der Waals surface area contributed by atoms with Gasteiger partial charge in [-0.05, 0) is 31.2 Å². The third kappa shape index (κ3) is 7.39. The van der Waals surface area contributed by atoms with Gasteiger partial charge in [-0.2, -0.15) is 0 Å². The van der Waals surface area contributed by atoms with Gasteiger partial charge in [0.25, 0.3) is 0 Å². The van der Waals surface area contributed by atoms with Gasteiger partial charge < -0.3 is 15.2 Å². The molecule has 0 bridgehead atoms. The highest BCUT2D eigenvalue weighted by atomic mass is 32.2. The molecule has 0 unspecified atom stereocenters. The van der Waals surface area contributed by atoms with Gasteiger partial charge in [0, 0.05) is 13.0 Å². The van der Waals surface area contributed by atoms with E-state index in [1.54, 1.807) is 0 Å². The standard InChI is InChI=1S/C13H15F3N2O6S/c1-8(12(20)21)18-11(19)6-7-17-25(22,23)10-4-2-9(3-5-10)24-13(14,15)16/h2-5,8,17H,6-7H2,1H3,(H,18,19)(H,20,21)/t8-/m0/s1. The van der Waals surface area contributed by atoms with E-state index in [9.17, 15) is 31.2 Å². The van der Waals surface area contributed by atoms with Crippen molar-refractivity contribution in [2.75, 3.05) is 6.54 Å². The lowest BCUT2D eigenvalue weighted by molar-refractivity contribution is -0.274. The van der Waals surface area contributed by atoms with Gasteiger partial charge in [-0.25, -0.2) is 13.1 Å². The van der Waals surface area contributed by atoms with E-state index in [-0.39, 0.29) is 17.9 Å². The average molecular weight is 384 g/mol. The molecule has 0 heterocycles. The lowest BCUT2D eigenvalue weighted by Gasteiger charge is -2.11. The summed E-state index contributed by atoms with van der Waals surface area (Å²) in [5.74, 6) is -2.49. The zero-order valence-corrected chi connectivity index (χ0v) is 13.6. The number of alkyl halides is 3. The van der Waals surface area contributed by atoms with Crippen molar-refractivity contribution in [3.63, 3.8) is 0 Å². The second-order valence-corrected chi connectivity index (χ2v) is 6.56. The molecular formula is C13H15F3N2O6S. The Morgan fingerprint density at radius 2 is 1.80 bits per heavy atom. The fourth-order valence-corrected chi connectivity index (χ4v) is 2.61. The Morgan fingerprint density at radius 1 is 1.24 bits per heavy atom. The summed E-state index contributed by atoms with van der Waals surface area (Å²) in [6, 6.07) is 2.38. The maximum Gasteiger partial charge on any atom is 0.573 e. The molecule has 0 aromatic heterocycles. The molecule has 8 nitrogen and oxygen atoms in total. The lowest BCUT2D eigenvalue weighted by Crippen LogP contribution is -2.39. The van der Waals surface area contributed by atoms with E-state index in [0.29, 0.717) is 0 Å². The Labute approximate surface area is 141 Å². The average Bonchev–Trinajstić information content (AvgIpc) is 2.45. The van der Waals surface area contributed by atoms with Crippen molar-refractivity contribution >= 4 is 21.9 Å². The van der Waals surface area contributed by atoms with E-state index in [4.69, 9.17) is 5.11 Å². The van der Waals surface area contributed by atoms with Crippen molar-refractivity contribution in [1.82, 2.24) is 10.0 Å². The van der Waals surface area contributed by atoms with Crippen LogP contribution in [-0.4, -0.2) is 44.3 Å². The zero-order chi connectivity index (χ0) is 19.3. The van der Waals surface area contributed by atoms with E-state index in [1.807, 2.05) is 0 Å². The molecule has 1 rings (SSSR count). The molecule has 1 amide bonds. The number of halogens is 3. The number of ether oxygens (including phenoxy) is 1. The second-order valence-electron chi connectivity index (χ2n) is 4.79. The van der Waals surface area contributed by atoms with Gasteiger partial charge in [0.2, 0.25) is 15.9 Å². The number of hydrogen-bond acceptors (Lipinski definition) is 5. The van der Waals surface area contributed by atoms with Crippen molar-refractivity contribution in [2.45, 2.75) is 30.6 Å². The number of aliphatic carboxylic acids is 1. The highest BCUT2D eigenvalue weighted by molar-refractivity contribution is 7.89. The van der Waals surface area contributed by atoms with Crippen LogP contribution in [0.15, 0.2) is 29.2 Å². The van der Waals surface area contributed by atoms with Crippen LogP contribution in [0.25, 0.3) is 0 Å². The molecular weight excluding hydrogens is 369 g/mol. The fourth-order valence-electron chi connectivity index (χ4n) is 1.58. The minimum Gasteiger partial charge on any atom is -0.480 e. The summed E-state index contributed by atoms with van der Waals surface area (Å²) in [5.41, 5.74) is 0. The van der Waals surface area contributed by atoms with Crippen LogP contribution in [0.5, 0.6) is 5.75 Å². The Balaban J connectivity index is 2.58. The number of carbonyl (C=O) groups is 2. The SMILES string of the molecule is C[C@H](NC(=O)CCNS(=O)(=O)c1ccc(OC(F)(F)F)cc1)C(=O)O. The number of hydrogen-bond donors (Lipinski definition) is 3. The van der Waals surface area contributed by atoms with Crippen LogP contribution in [-0.2, 0) is 19.6 Å². The van der Waals surface area contributed by atoms with Crippen molar-refractivity contribution in [1.29, 1.82) is 0 Å². The number of sulfonamides is 1. The van der Waals surface area contributed by atoms with Crippen molar-refractivity contribution < 1.29 is 41.0 Å². The molecule has 0 radical (unpaired) electrons. The molecule has 0 aliphatic rings. The molecule has 25 heavy (non-hydrogen) atoms. The molecule has 0 spiro atoms. The first kappa shape index (κ1) is 20.7. The summed E-state index contributed by atoms with van der Waals surface area (Å²) >= 11 is 0. The van der Waals surface area contributed by atoms with Crippen LogP contribution in [0, 0.1) is 0 Å². The molecule has 140 valence electrons. The predicted octanol–water partition coefficient (Wildman–Crippen LogP) is 0.843. The predicted molar refractivity (Wildman–Crippen MR) is 78.2 cm³/mol. The first-order valence-electron chi connectivity index (χ1n) is 6.78. The van der Waals surface area contributed by atoms with Gasteiger partial charge in [0.15, 0.2) is 0 Å². The maximum atomic E-state index is 12.0.